The van der Waals surface area contributed by atoms with Crippen molar-refractivity contribution in [2.45, 2.75) is 31.4 Å². The molecule has 2 unspecified atom stereocenters. The van der Waals surface area contributed by atoms with Crippen molar-refractivity contribution in [3.8, 4) is 5.75 Å². The Morgan fingerprint density at radius 3 is 2.59 bits per heavy atom. The number of carbonyl (C=O) groups is 4. The fraction of sp³-hybridized carbons (Fsp3) is 0.500. The molecule has 1 saturated heterocycles. The number of fused-ring (bicyclic) bond motifs is 1. The molecular weight excluding hydrogens is 376 g/mol. The van der Waals surface area contributed by atoms with Gasteiger partial charge in [0.25, 0.3) is 11.8 Å². The van der Waals surface area contributed by atoms with Gasteiger partial charge in [-0.1, -0.05) is 12.1 Å². The van der Waals surface area contributed by atoms with E-state index in [-0.39, 0.29) is 30.8 Å². The fourth-order valence-electron chi connectivity index (χ4n) is 3.90. The minimum Gasteiger partial charge on any atom is -0.476 e. The fourth-order valence-corrected chi connectivity index (χ4v) is 3.90. The molecule has 2 heterocycles. The molecule has 0 aromatic heterocycles. The molecule has 2 atom stereocenters. The van der Waals surface area contributed by atoms with E-state index in [1.807, 2.05) is 0 Å². The van der Waals surface area contributed by atoms with Crippen LogP contribution in [-0.2, 0) is 14.4 Å². The highest BCUT2D eigenvalue weighted by Crippen LogP contribution is 2.42. The molecule has 9 heteroatoms. The number of amides is 5. The number of likely N-dealkylation sites (N-methyl/N-ethyl adjacent to an activating group) is 1. The molecule has 9 nitrogen and oxygen atoms in total. The van der Waals surface area contributed by atoms with E-state index < -0.39 is 23.6 Å². The molecule has 154 valence electrons. The molecule has 4 rings (SSSR count). The molecule has 2 aliphatic heterocycles. The molecule has 1 aromatic carbocycles. The maximum atomic E-state index is 13.1. The van der Waals surface area contributed by atoms with Gasteiger partial charge in [-0.3, -0.25) is 19.3 Å². The largest absolute Gasteiger partial charge is 0.476 e. The first kappa shape index (κ1) is 19.2. The van der Waals surface area contributed by atoms with Crippen molar-refractivity contribution >= 4 is 29.4 Å². The second kappa shape index (κ2) is 6.75. The molecule has 1 N–H and O–H groups in total. The molecule has 0 radical (unpaired) electrons. The first-order chi connectivity index (χ1) is 13.7. The van der Waals surface area contributed by atoms with Gasteiger partial charge in [0.1, 0.15) is 17.8 Å². The Bertz CT molecular complexity index is 897. The van der Waals surface area contributed by atoms with Crippen LogP contribution in [0.4, 0.5) is 10.5 Å². The number of imide groups is 1. The van der Waals surface area contributed by atoms with Crippen molar-refractivity contribution in [3.05, 3.63) is 24.3 Å². The van der Waals surface area contributed by atoms with E-state index in [0.717, 1.165) is 17.7 Å². The summed E-state index contributed by atoms with van der Waals surface area (Å²) >= 11 is 0. The van der Waals surface area contributed by atoms with Crippen LogP contribution in [0.3, 0.4) is 0 Å². The Morgan fingerprint density at radius 2 is 1.93 bits per heavy atom. The molecule has 1 saturated carbocycles. The Kier molecular flexibility index (Phi) is 4.48. The summed E-state index contributed by atoms with van der Waals surface area (Å²) in [4.78, 5) is 54.6. The van der Waals surface area contributed by atoms with Crippen LogP contribution in [0.15, 0.2) is 24.3 Å². The van der Waals surface area contributed by atoms with Crippen molar-refractivity contribution in [1.29, 1.82) is 0 Å². The number of para-hydroxylation sites is 2. The number of carbonyl (C=O) groups excluding carboxylic acids is 4. The maximum Gasteiger partial charge on any atom is 0.325 e. The van der Waals surface area contributed by atoms with Gasteiger partial charge in [0.15, 0.2) is 6.10 Å². The normalized spacial score (nSPS) is 26.0. The summed E-state index contributed by atoms with van der Waals surface area (Å²) in [6.45, 7) is 1.34. The third-order valence-corrected chi connectivity index (χ3v) is 5.78. The van der Waals surface area contributed by atoms with E-state index >= 15 is 0 Å². The van der Waals surface area contributed by atoms with Crippen LogP contribution in [0, 0.1) is 5.92 Å². The summed E-state index contributed by atoms with van der Waals surface area (Å²) in [5.41, 5.74) is -0.429. The number of hydrogen-bond donors (Lipinski definition) is 1. The standard InChI is InChI=1S/C20H24N4O5/c1-20(12-8-9-12)18(27)24(19(28)21-20)11-16(25)23-10-15(17(26)22(2)3)29-14-7-5-4-6-13(14)23/h4-7,12,15H,8-11H2,1-3H3,(H,21,28). The lowest BCUT2D eigenvalue weighted by Crippen LogP contribution is -2.53. The zero-order valence-electron chi connectivity index (χ0n) is 16.7. The average Bonchev–Trinajstić information content (AvgIpc) is 3.52. The zero-order valence-corrected chi connectivity index (χ0v) is 16.7. The molecule has 3 aliphatic rings. The predicted octanol–water partition coefficient (Wildman–Crippen LogP) is 0.589. The highest BCUT2D eigenvalue weighted by molar-refractivity contribution is 6.11. The van der Waals surface area contributed by atoms with Crippen molar-refractivity contribution in [2.75, 3.05) is 32.1 Å². The maximum absolute atomic E-state index is 13.1. The van der Waals surface area contributed by atoms with E-state index in [0.29, 0.717) is 11.4 Å². The van der Waals surface area contributed by atoms with Crippen LogP contribution in [0.25, 0.3) is 0 Å². The third kappa shape index (κ3) is 3.20. The number of nitrogens with zero attached hydrogens (tertiary/aromatic N) is 3. The number of nitrogens with one attached hydrogen (secondary N) is 1. The summed E-state index contributed by atoms with van der Waals surface area (Å²) < 4.78 is 5.78. The van der Waals surface area contributed by atoms with Crippen molar-refractivity contribution in [1.82, 2.24) is 15.1 Å². The summed E-state index contributed by atoms with van der Waals surface area (Å²) in [6.07, 6.45) is 0.911. The van der Waals surface area contributed by atoms with Crippen molar-refractivity contribution < 1.29 is 23.9 Å². The number of hydrogen-bond acceptors (Lipinski definition) is 5. The number of anilines is 1. The Balaban J connectivity index is 1.56. The summed E-state index contributed by atoms with van der Waals surface area (Å²) in [5, 5.41) is 2.74. The van der Waals surface area contributed by atoms with Crippen LogP contribution in [0.5, 0.6) is 5.75 Å². The lowest BCUT2D eigenvalue weighted by molar-refractivity contribution is -0.137. The van der Waals surface area contributed by atoms with Gasteiger partial charge in [-0.2, -0.15) is 0 Å². The third-order valence-electron chi connectivity index (χ3n) is 5.78. The van der Waals surface area contributed by atoms with Crippen LogP contribution < -0.4 is 15.0 Å². The van der Waals surface area contributed by atoms with E-state index in [1.165, 1.54) is 9.80 Å². The predicted molar refractivity (Wildman–Crippen MR) is 103 cm³/mol. The monoisotopic (exact) mass is 400 g/mol. The van der Waals surface area contributed by atoms with Gasteiger partial charge in [-0.05, 0) is 37.8 Å². The second-order valence-electron chi connectivity index (χ2n) is 8.11. The Morgan fingerprint density at radius 1 is 1.24 bits per heavy atom. The van der Waals surface area contributed by atoms with Gasteiger partial charge in [0, 0.05) is 14.1 Å². The van der Waals surface area contributed by atoms with E-state index in [2.05, 4.69) is 5.32 Å². The van der Waals surface area contributed by atoms with Crippen LogP contribution >= 0.6 is 0 Å². The van der Waals surface area contributed by atoms with Gasteiger partial charge < -0.3 is 19.9 Å². The number of rotatable bonds is 4. The number of benzene rings is 1. The highest BCUT2D eigenvalue weighted by Gasteiger charge is 2.56. The van der Waals surface area contributed by atoms with Crippen LogP contribution in [0.1, 0.15) is 19.8 Å². The van der Waals surface area contributed by atoms with Crippen LogP contribution in [-0.4, -0.2) is 72.4 Å². The molecule has 29 heavy (non-hydrogen) atoms. The van der Waals surface area contributed by atoms with Gasteiger partial charge in [0.05, 0.1) is 12.2 Å². The Hall–Kier alpha value is -3.10. The molecule has 1 aromatic rings. The summed E-state index contributed by atoms with van der Waals surface area (Å²) in [5.74, 6) is -0.562. The van der Waals surface area contributed by atoms with E-state index in [4.69, 9.17) is 4.74 Å². The topological polar surface area (TPSA) is 99.3 Å². The molecule has 0 bridgehead atoms. The van der Waals surface area contributed by atoms with Gasteiger partial charge >= 0.3 is 6.03 Å². The van der Waals surface area contributed by atoms with Gasteiger partial charge in [-0.15, -0.1) is 0 Å². The molecule has 1 aliphatic carbocycles. The first-order valence-corrected chi connectivity index (χ1v) is 9.63. The van der Waals surface area contributed by atoms with Crippen LogP contribution in [0.2, 0.25) is 0 Å². The molecule has 2 fully saturated rings. The number of ether oxygens (including phenoxy) is 1. The Labute approximate surface area is 168 Å². The van der Waals surface area contributed by atoms with Gasteiger partial charge in [-0.25, -0.2) is 4.79 Å². The molecular formula is C20H24N4O5. The SMILES string of the molecule is CN(C)C(=O)C1CN(C(=O)CN2C(=O)NC(C)(C3CC3)C2=O)c2ccccc2O1. The summed E-state index contributed by atoms with van der Waals surface area (Å²) in [6, 6.07) is 6.35. The minimum absolute atomic E-state index is 0.0103. The summed E-state index contributed by atoms with van der Waals surface area (Å²) in [7, 11) is 3.23. The lowest BCUT2D eigenvalue weighted by Gasteiger charge is -2.35. The highest BCUT2D eigenvalue weighted by atomic mass is 16.5. The van der Waals surface area contributed by atoms with Crippen molar-refractivity contribution in [2.24, 2.45) is 5.92 Å². The minimum atomic E-state index is -0.941. The number of urea groups is 1. The lowest BCUT2D eigenvalue weighted by atomic mass is 9.96. The zero-order chi connectivity index (χ0) is 20.9. The first-order valence-electron chi connectivity index (χ1n) is 9.63. The van der Waals surface area contributed by atoms with E-state index in [1.54, 1.807) is 45.3 Å². The van der Waals surface area contributed by atoms with E-state index in [9.17, 15) is 19.2 Å². The second-order valence-corrected chi connectivity index (χ2v) is 8.11. The smallest absolute Gasteiger partial charge is 0.325 e. The quantitative estimate of drug-likeness (QED) is 0.746. The average molecular weight is 400 g/mol. The van der Waals surface area contributed by atoms with Gasteiger partial charge in [0.2, 0.25) is 5.91 Å². The molecule has 5 amide bonds. The van der Waals surface area contributed by atoms with Crippen molar-refractivity contribution in [3.63, 3.8) is 0 Å². The molecule has 0 spiro atoms.